The van der Waals surface area contributed by atoms with Crippen LogP contribution in [-0.4, -0.2) is 28.1 Å². The predicted octanol–water partition coefficient (Wildman–Crippen LogP) is 1.72. The Bertz CT molecular complexity index is 627. The first-order valence-electron chi connectivity index (χ1n) is 5.93. The van der Waals surface area contributed by atoms with Gasteiger partial charge >= 0.3 is 0 Å². The van der Waals surface area contributed by atoms with E-state index in [2.05, 4.69) is 10.0 Å². The molecule has 1 aromatic carbocycles. The summed E-state index contributed by atoms with van der Waals surface area (Å²) in [6, 6.07) is 0.670. The Hall–Kier alpha value is -1.09. The van der Waals surface area contributed by atoms with Gasteiger partial charge in [0, 0.05) is 25.2 Å². The highest BCUT2D eigenvalue weighted by Crippen LogP contribution is 2.20. The highest BCUT2D eigenvalue weighted by atomic mass is 35.5. The second-order valence-corrected chi connectivity index (χ2v) is 6.04. The topological polar surface area (TPSA) is 58.2 Å². The van der Waals surface area contributed by atoms with Crippen LogP contribution in [0.15, 0.2) is 28.7 Å². The van der Waals surface area contributed by atoms with Crippen LogP contribution in [-0.2, 0) is 10.0 Å². The van der Waals surface area contributed by atoms with E-state index in [4.69, 9.17) is 0 Å². The summed E-state index contributed by atoms with van der Waals surface area (Å²) in [5, 5.41) is 3.05. The van der Waals surface area contributed by atoms with E-state index in [9.17, 15) is 21.6 Å². The largest absolute Gasteiger partial charge is 0.313 e. The Morgan fingerprint density at radius 1 is 1.19 bits per heavy atom. The lowest BCUT2D eigenvalue weighted by molar-refractivity contribution is 0.494. The molecule has 1 aliphatic heterocycles. The van der Waals surface area contributed by atoms with Crippen molar-refractivity contribution in [3.05, 3.63) is 41.2 Å². The second-order valence-electron chi connectivity index (χ2n) is 4.34. The summed E-state index contributed by atoms with van der Waals surface area (Å²) in [6.45, 7) is 1.31. The SMILES string of the molecule is Cl.O=S(=O)(NCC1=CCNCC1)c1c(F)cc(F)cc1F. The number of halogens is 4. The predicted molar refractivity (Wildman–Crippen MR) is 74.3 cm³/mol. The molecular formula is C12H14ClF3N2O2S. The maximum atomic E-state index is 13.4. The molecule has 9 heteroatoms. The van der Waals surface area contributed by atoms with E-state index < -0.39 is 32.4 Å². The van der Waals surface area contributed by atoms with Crippen LogP contribution in [0.5, 0.6) is 0 Å². The van der Waals surface area contributed by atoms with E-state index in [1.807, 2.05) is 6.08 Å². The molecule has 118 valence electrons. The summed E-state index contributed by atoms with van der Waals surface area (Å²) in [5.74, 6) is -4.07. The van der Waals surface area contributed by atoms with E-state index in [-0.39, 0.29) is 19.0 Å². The van der Waals surface area contributed by atoms with Crippen molar-refractivity contribution in [1.29, 1.82) is 0 Å². The van der Waals surface area contributed by atoms with E-state index in [0.29, 0.717) is 31.6 Å². The van der Waals surface area contributed by atoms with Crippen LogP contribution in [0, 0.1) is 17.5 Å². The molecule has 1 heterocycles. The van der Waals surface area contributed by atoms with Crippen molar-refractivity contribution >= 4 is 22.4 Å². The number of nitrogens with one attached hydrogen (secondary N) is 2. The van der Waals surface area contributed by atoms with Crippen molar-refractivity contribution in [3.8, 4) is 0 Å². The molecule has 0 aromatic heterocycles. The van der Waals surface area contributed by atoms with Gasteiger partial charge in [0.05, 0.1) is 0 Å². The summed E-state index contributed by atoms with van der Waals surface area (Å²) < 4.78 is 65.5. The molecule has 2 N–H and O–H groups in total. The zero-order chi connectivity index (χ0) is 14.8. The molecule has 0 saturated carbocycles. The molecule has 0 amide bonds. The molecule has 0 saturated heterocycles. The van der Waals surface area contributed by atoms with Gasteiger partial charge in [-0.1, -0.05) is 11.6 Å². The number of rotatable bonds is 4. The van der Waals surface area contributed by atoms with E-state index in [1.54, 1.807) is 0 Å². The van der Waals surface area contributed by atoms with Gasteiger partial charge < -0.3 is 5.32 Å². The molecule has 0 spiro atoms. The molecule has 4 nitrogen and oxygen atoms in total. The fraction of sp³-hybridized carbons (Fsp3) is 0.333. The third kappa shape index (κ3) is 4.44. The average Bonchev–Trinajstić information content (AvgIpc) is 2.36. The molecular weight excluding hydrogens is 329 g/mol. The quantitative estimate of drug-likeness (QED) is 0.819. The van der Waals surface area contributed by atoms with Gasteiger partial charge in [-0.3, -0.25) is 0 Å². The minimum Gasteiger partial charge on any atom is -0.313 e. The lowest BCUT2D eigenvalue weighted by atomic mass is 10.1. The molecule has 0 radical (unpaired) electrons. The maximum absolute atomic E-state index is 13.4. The smallest absolute Gasteiger partial charge is 0.246 e. The summed E-state index contributed by atoms with van der Waals surface area (Å²) in [7, 11) is -4.37. The zero-order valence-corrected chi connectivity index (χ0v) is 12.5. The van der Waals surface area contributed by atoms with Crippen LogP contribution in [0.25, 0.3) is 0 Å². The minimum absolute atomic E-state index is 0. The van der Waals surface area contributed by atoms with Crippen molar-refractivity contribution in [3.63, 3.8) is 0 Å². The number of hydrogen-bond acceptors (Lipinski definition) is 3. The van der Waals surface area contributed by atoms with Gasteiger partial charge in [0.1, 0.15) is 17.5 Å². The standard InChI is InChI=1S/C12H13F3N2O2S.ClH/c13-9-5-10(14)12(11(15)6-9)20(18,19)17-7-8-1-3-16-4-2-8;/h1,5-6,16-17H,2-4,7H2;1H. The Morgan fingerprint density at radius 3 is 2.33 bits per heavy atom. The summed E-state index contributed by atoms with van der Waals surface area (Å²) in [4.78, 5) is -1.16. The minimum atomic E-state index is -4.37. The second kappa shape index (κ2) is 7.26. The monoisotopic (exact) mass is 342 g/mol. The van der Waals surface area contributed by atoms with E-state index in [1.165, 1.54) is 0 Å². The van der Waals surface area contributed by atoms with Gasteiger partial charge in [0.2, 0.25) is 10.0 Å². The molecule has 2 rings (SSSR count). The van der Waals surface area contributed by atoms with Gasteiger partial charge in [-0.05, 0) is 13.0 Å². The Labute approximate surface area is 126 Å². The molecule has 0 unspecified atom stereocenters. The highest BCUT2D eigenvalue weighted by molar-refractivity contribution is 7.89. The fourth-order valence-corrected chi connectivity index (χ4v) is 3.03. The molecule has 21 heavy (non-hydrogen) atoms. The molecule has 1 aromatic rings. The van der Waals surface area contributed by atoms with Crippen molar-refractivity contribution in [1.82, 2.24) is 10.0 Å². The van der Waals surface area contributed by atoms with Crippen molar-refractivity contribution < 1.29 is 21.6 Å². The Morgan fingerprint density at radius 2 is 1.81 bits per heavy atom. The first kappa shape index (κ1) is 18.0. The third-order valence-electron chi connectivity index (χ3n) is 2.88. The van der Waals surface area contributed by atoms with Gasteiger partial charge in [0.15, 0.2) is 4.90 Å². The van der Waals surface area contributed by atoms with Crippen LogP contribution < -0.4 is 10.0 Å². The van der Waals surface area contributed by atoms with Crippen LogP contribution >= 0.6 is 12.4 Å². The third-order valence-corrected chi connectivity index (χ3v) is 4.33. The maximum Gasteiger partial charge on any atom is 0.246 e. The van der Waals surface area contributed by atoms with E-state index >= 15 is 0 Å². The van der Waals surface area contributed by atoms with Crippen LogP contribution in [0.2, 0.25) is 0 Å². The zero-order valence-electron chi connectivity index (χ0n) is 10.8. The first-order chi connectivity index (χ1) is 9.40. The van der Waals surface area contributed by atoms with Crippen molar-refractivity contribution in [2.45, 2.75) is 11.3 Å². The fourth-order valence-electron chi connectivity index (χ4n) is 1.88. The normalized spacial score (nSPS) is 15.3. The first-order valence-corrected chi connectivity index (χ1v) is 7.41. The molecule has 0 aliphatic carbocycles. The summed E-state index contributed by atoms with van der Waals surface area (Å²) in [6.07, 6.45) is 2.46. The molecule has 0 fully saturated rings. The lowest BCUT2D eigenvalue weighted by Crippen LogP contribution is -2.30. The molecule has 0 bridgehead atoms. The summed E-state index contributed by atoms with van der Waals surface area (Å²) >= 11 is 0. The molecule has 0 atom stereocenters. The summed E-state index contributed by atoms with van der Waals surface area (Å²) in [5.41, 5.74) is 0.829. The van der Waals surface area contributed by atoms with Gasteiger partial charge in [-0.2, -0.15) is 0 Å². The average molecular weight is 343 g/mol. The van der Waals surface area contributed by atoms with Crippen molar-refractivity contribution in [2.24, 2.45) is 0 Å². The Balaban J connectivity index is 0.00000220. The lowest BCUT2D eigenvalue weighted by Gasteiger charge is -2.15. The Kier molecular flexibility index (Phi) is 6.21. The van der Waals surface area contributed by atoms with Gasteiger partial charge in [-0.25, -0.2) is 26.3 Å². The van der Waals surface area contributed by atoms with Crippen LogP contribution in [0.4, 0.5) is 13.2 Å². The van der Waals surface area contributed by atoms with E-state index in [0.717, 1.165) is 5.57 Å². The van der Waals surface area contributed by atoms with Crippen LogP contribution in [0.1, 0.15) is 6.42 Å². The number of hydrogen-bond donors (Lipinski definition) is 2. The van der Waals surface area contributed by atoms with Crippen LogP contribution in [0.3, 0.4) is 0 Å². The number of benzene rings is 1. The highest BCUT2D eigenvalue weighted by Gasteiger charge is 2.25. The van der Waals surface area contributed by atoms with Gasteiger partial charge in [0.25, 0.3) is 0 Å². The van der Waals surface area contributed by atoms with Gasteiger partial charge in [-0.15, -0.1) is 12.4 Å². The van der Waals surface area contributed by atoms with Crippen molar-refractivity contribution in [2.75, 3.05) is 19.6 Å². The molecule has 1 aliphatic rings. The number of sulfonamides is 1.